The van der Waals surface area contributed by atoms with Gasteiger partial charge >= 0.3 is 0 Å². The molecule has 0 radical (unpaired) electrons. The smallest absolute Gasteiger partial charge is 0.244 e. The average molecular weight is 642 g/mol. The number of likely N-dealkylation sites (tertiary alicyclic amines) is 1. The lowest BCUT2D eigenvalue weighted by atomic mass is 9.98. The van der Waals surface area contributed by atoms with Crippen LogP contribution in [0.5, 0.6) is 0 Å². The second kappa shape index (κ2) is 12.1. The maximum Gasteiger partial charge on any atom is 0.244 e. The molecular weight excluding hydrogens is 600 g/mol. The summed E-state index contributed by atoms with van der Waals surface area (Å²) >= 11 is 0. The summed E-state index contributed by atoms with van der Waals surface area (Å²) in [5.41, 5.74) is 2.92. The van der Waals surface area contributed by atoms with Crippen molar-refractivity contribution in [1.29, 1.82) is 0 Å². The first-order valence-corrected chi connectivity index (χ1v) is 16.9. The van der Waals surface area contributed by atoms with Crippen LogP contribution in [0.15, 0.2) is 41.3 Å². The van der Waals surface area contributed by atoms with E-state index in [4.69, 9.17) is 0 Å². The Morgan fingerprint density at radius 3 is 2.42 bits per heavy atom. The van der Waals surface area contributed by atoms with Gasteiger partial charge in [0, 0.05) is 79.6 Å². The Morgan fingerprint density at radius 2 is 1.76 bits per heavy atom. The highest BCUT2D eigenvalue weighted by atomic mass is 32.2. The zero-order valence-electron chi connectivity index (χ0n) is 26.2. The summed E-state index contributed by atoms with van der Waals surface area (Å²) in [4.78, 5) is 20.4. The van der Waals surface area contributed by atoms with Crippen molar-refractivity contribution >= 4 is 27.2 Å². The van der Waals surface area contributed by atoms with Crippen LogP contribution in [0.2, 0.25) is 0 Å². The molecule has 2 fully saturated rings. The maximum absolute atomic E-state index is 14.0. The normalized spacial score (nSPS) is 20.9. The molecule has 2 N–H and O–H groups in total. The van der Waals surface area contributed by atoms with Crippen LogP contribution in [-0.4, -0.2) is 97.9 Å². The third-order valence-electron chi connectivity index (χ3n) is 9.59. The summed E-state index contributed by atoms with van der Waals surface area (Å²) in [6.45, 7) is 8.85. The summed E-state index contributed by atoms with van der Waals surface area (Å²) in [5, 5.41) is 11.0. The van der Waals surface area contributed by atoms with Gasteiger partial charge < -0.3 is 20.0 Å². The summed E-state index contributed by atoms with van der Waals surface area (Å²) in [6, 6.07) is 8.59. The molecule has 0 saturated carbocycles. The molecule has 0 spiro atoms. The molecule has 10 nitrogen and oxygen atoms in total. The molecule has 0 aliphatic carbocycles. The number of hydrogen-bond donors (Lipinski definition) is 2. The Balaban J connectivity index is 1.26. The highest BCUT2D eigenvalue weighted by Crippen LogP contribution is 2.43. The number of nitrogens with zero attached hydrogens (tertiary/aromatic N) is 5. The van der Waals surface area contributed by atoms with Crippen molar-refractivity contribution in [3.63, 3.8) is 0 Å². The number of hydrogen-bond acceptors (Lipinski definition) is 8. The fourth-order valence-corrected chi connectivity index (χ4v) is 8.54. The first-order valence-electron chi connectivity index (χ1n) is 15.4. The molecule has 6 rings (SSSR count). The van der Waals surface area contributed by atoms with Crippen LogP contribution >= 0.6 is 0 Å². The van der Waals surface area contributed by atoms with Crippen LogP contribution in [0, 0.1) is 11.6 Å². The molecule has 3 aliphatic rings. The first kappa shape index (κ1) is 31.6. The van der Waals surface area contributed by atoms with Gasteiger partial charge in [-0.3, -0.25) is 9.89 Å². The van der Waals surface area contributed by atoms with E-state index in [0.29, 0.717) is 34.6 Å². The molecule has 4 heterocycles. The number of H-pyrrole nitrogens is 1. The molecule has 3 aromatic rings. The predicted octanol–water partition coefficient (Wildman–Crippen LogP) is 3.81. The number of likely N-dealkylation sites (N-methyl/N-ethyl adjacent to an activating group) is 2. The average Bonchev–Trinajstić information content (AvgIpc) is 3.66. The van der Waals surface area contributed by atoms with E-state index in [-0.39, 0.29) is 18.7 Å². The second-order valence-corrected chi connectivity index (χ2v) is 14.8. The number of sulfonamides is 1. The van der Waals surface area contributed by atoms with E-state index < -0.39 is 32.1 Å². The number of anilines is 2. The van der Waals surface area contributed by atoms with E-state index in [1.165, 1.54) is 4.31 Å². The lowest BCUT2D eigenvalue weighted by Crippen LogP contribution is -2.44. The fourth-order valence-electron chi connectivity index (χ4n) is 6.78. The number of halogens is 2. The summed E-state index contributed by atoms with van der Waals surface area (Å²) in [6.07, 6.45) is 2.24. The number of Topliss-reactive ketones (excluding diaryl/α,β-unsaturated/α-hetero) is 1. The number of rotatable bonds is 9. The molecule has 0 amide bonds. The Morgan fingerprint density at radius 1 is 1.04 bits per heavy atom. The van der Waals surface area contributed by atoms with E-state index in [9.17, 15) is 22.0 Å². The van der Waals surface area contributed by atoms with Crippen molar-refractivity contribution in [2.45, 2.75) is 56.1 Å². The number of aromatic amines is 1. The Labute approximate surface area is 263 Å². The van der Waals surface area contributed by atoms with Gasteiger partial charge in [0.1, 0.15) is 11.6 Å². The van der Waals surface area contributed by atoms with Crippen molar-refractivity contribution < 1.29 is 22.0 Å². The topological polar surface area (TPSA) is 105 Å². The van der Waals surface area contributed by atoms with Crippen molar-refractivity contribution in [1.82, 2.24) is 24.3 Å². The Hall–Kier alpha value is -3.39. The lowest BCUT2D eigenvalue weighted by molar-refractivity contribution is 0.0992. The molecule has 2 aromatic carbocycles. The van der Waals surface area contributed by atoms with Crippen LogP contribution in [-0.2, 0) is 28.5 Å². The highest BCUT2D eigenvalue weighted by Gasteiger charge is 2.48. The summed E-state index contributed by atoms with van der Waals surface area (Å²) in [7, 11) is -0.0351. The van der Waals surface area contributed by atoms with Crippen molar-refractivity contribution in [3.05, 3.63) is 70.5 Å². The number of aromatic nitrogens is 2. The molecule has 13 heteroatoms. The zero-order chi connectivity index (χ0) is 32.1. The Bertz CT molecular complexity index is 1680. The van der Waals surface area contributed by atoms with Crippen LogP contribution < -0.4 is 10.2 Å². The van der Waals surface area contributed by atoms with Gasteiger partial charge in [-0.1, -0.05) is 0 Å². The molecule has 1 atom stereocenters. The highest BCUT2D eigenvalue weighted by molar-refractivity contribution is 7.89. The fraction of sp³-hybridized carbons (Fsp3) is 0.500. The van der Waals surface area contributed by atoms with E-state index in [1.54, 1.807) is 13.8 Å². The van der Waals surface area contributed by atoms with Crippen LogP contribution in [0.3, 0.4) is 0 Å². The number of benzene rings is 2. The van der Waals surface area contributed by atoms with Gasteiger partial charge in [0.2, 0.25) is 10.0 Å². The third kappa shape index (κ3) is 6.10. The van der Waals surface area contributed by atoms with Gasteiger partial charge in [-0.05, 0) is 77.7 Å². The van der Waals surface area contributed by atoms with Gasteiger partial charge in [-0.2, -0.15) is 9.40 Å². The minimum Gasteiger partial charge on any atom is -0.383 e. The number of carbonyl (C=O) groups excluding carboxylic acids is 1. The standard InChI is InChI=1S/C32H41F2N7O3S/c1-32(2)31-27(20-41(32)45(43,44)25-15-21(33)14-22(34)16-25)29(36-37-31)18-30(42)26-8-7-23(40-12-10-38(3)11-13-40)17-28(26)35-19-24-6-5-9-39(24)4/h7-8,14-17,24,35H,5-6,9-13,18-20H2,1-4H3,(H,36,37)/t24-/m1/s1. The molecule has 3 aliphatic heterocycles. The maximum atomic E-state index is 14.0. The molecule has 2 saturated heterocycles. The van der Waals surface area contributed by atoms with E-state index in [2.05, 4.69) is 50.4 Å². The van der Waals surface area contributed by atoms with Crippen molar-refractivity contribution in [3.8, 4) is 0 Å². The molecular formula is C32H41F2N7O3S. The molecule has 242 valence electrons. The summed E-state index contributed by atoms with van der Waals surface area (Å²) < 4.78 is 56.3. The molecule has 0 bridgehead atoms. The number of nitrogens with one attached hydrogen (secondary N) is 2. The van der Waals surface area contributed by atoms with E-state index in [1.807, 2.05) is 12.1 Å². The van der Waals surface area contributed by atoms with Gasteiger partial charge in [0.25, 0.3) is 0 Å². The van der Waals surface area contributed by atoms with E-state index >= 15 is 0 Å². The second-order valence-electron chi connectivity index (χ2n) is 13.0. The van der Waals surface area contributed by atoms with Crippen molar-refractivity contribution in [2.24, 2.45) is 0 Å². The third-order valence-corrected chi connectivity index (χ3v) is 11.6. The minimum atomic E-state index is -4.28. The first-order chi connectivity index (χ1) is 21.3. The number of carbonyl (C=O) groups is 1. The van der Waals surface area contributed by atoms with Crippen LogP contribution in [0.25, 0.3) is 0 Å². The molecule has 0 unspecified atom stereocenters. The van der Waals surface area contributed by atoms with Gasteiger partial charge in [0.15, 0.2) is 5.78 Å². The SMILES string of the molecule is CN1CCN(c2ccc(C(=O)Cc3[nH]nc4c3CN(S(=O)(=O)c3cc(F)cc(F)c3)C4(C)C)c(NC[C@H]3CCCN3C)c2)CC1. The monoisotopic (exact) mass is 641 g/mol. The molecule has 1 aromatic heterocycles. The minimum absolute atomic E-state index is 0.00718. The number of ketones is 1. The van der Waals surface area contributed by atoms with Crippen LogP contribution in [0.4, 0.5) is 20.2 Å². The van der Waals surface area contributed by atoms with Crippen LogP contribution in [0.1, 0.15) is 54.0 Å². The zero-order valence-corrected chi connectivity index (χ0v) is 27.1. The molecule has 45 heavy (non-hydrogen) atoms. The van der Waals surface area contributed by atoms with Gasteiger partial charge in [-0.25, -0.2) is 17.2 Å². The quantitative estimate of drug-likeness (QED) is 0.340. The Kier molecular flexibility index (Phi) is 8.48. The predicted molar refractivity (Wildman–Crippen MR) is 169 cm³/mol. The van der Waals surface area contributed by atoms with E-state index in [0.717, 1.165) is 75.6 Å². The van der Waals surface area contributed by atoms with Gasteiger partial charge in [0.05, 0.1) is 22.5 Å². The van der Waals surface area contributed by atoms with Gasteiger partial charge in [-0.15, -0.1) is 0 Å². The number of piperazine rings is 1. The lowest BCUT2D eigenvalue weighted by Gasteiger charge is -2.34. The largest absolute Gasteiger partial charge is 0.383 e. The summed E-state index contributed by atoms with van der Waals surface area (Å²) in [5.74, 6) is -2.07. The van der Waals surface area contributed by atoms with Crippen molar-refractivity contribution in [2.75, 3.05) is 63.6 Å². The number of fused-ring (bicyclic) bond motifs is 1.